The highest BCUT2D eigenvalue weighted by atomic mass is 16.5. The summed E-state index contributed by atoms with van der Waals surface area (Å²) in [4.78, 5) is 11.3. The van der Waals surface area contributed by atoms with Crippen LogP contribution in [0.15, 0.2) is 0 Å². The summed E-state index contributed by atoms with van der Waals surface area (Å²) in [6.07, 6.45) is 3.75. The van der Waals surface area contributed by atoms with Crippen LogP contribution < -0.4 is 0 Å². The van der Waals surface area contributed by atoms with Gasteiger partial charge in [-0.25, -0.2) is 0 Å². The van der Waals surface area contributed by atoms with E-state index in [0.717, 1.165) is 12.8 Å². The molecule has 2 unspecified atom stereocenters. The van der Waals surface area contributed by atoms with E-state index in [-0.39, 0.29) is 18.0 Å². The molecule has 2 atom stereocenters. The number of ether oxygens (including phenoxy) is 1. The average molecular weight is 171 g/mol. The molecule has 2 heteroatoms. The van der Waals surface area contributed by atoms with Gasteiger partial charge < -0.3 is 4.74 Å². The van der Waals surface area contributed by atoms with Crippen molar-refractivity contribution in [3.8, 4) is 0 Å². The summed E-state index contributed by atoms with van der Waals surface area (Å²) in [5, 5.41) is 0. The molecule has 0 aliphatic carbocycles. The molecule has 0 amide bonds. The van der Waals surface area contributed by atoms with E-state index in [1.165, 1.54) is 0 Å². The minimum atomic E-state index is -0.0811. The van der Waals surface area contributed by atoms with Gasteiger partial charge in [0.1, 0.15) is 6.10 Å². The van der Waals surface area contributed by atoms with Gasteiger partial charge in [0.25, 0.3) is 0 Å². The van der Waals surface area contributed by atoms with E-state index in [1.807, 2.05) is 27.2 Å². The predicted octanol–water partition coefficient (Wildman–Crippen LogP) is 2.58. The molecule has 0 aromatic heterocycles. The fraction of sp³-hybridized carbons (Fsp3) is 0.800. The molecule has 0 saturated carbocycles. The van der Waals surface area contributed by atoms with Gasteiger partial charge >= 0.3 is 5.97 Å². The van der Waals surface area contributed by atoms with Crippen LogP contribution in [0.2, 0.25) is 0 Å². The molecule has 12 heavy (non-hydrogen) atoms. The first-order valence-electron chi connectivity index (χ1n) is 4.61. The Kier molecular flexibility index (Phi) is 5.77. The van der Waals surface area contributed by atoms with Crippen molar-refractivity contribution < 1.29 is 9.53 Å². The summed E-state index contributed by atoms with van der Waals surface area (Å²) in [6, 6.07) is 0. The molecule has 0 aliphatic heterocycles. The lowest BCUT2D eigenvalue weighted by Gasteiger charge is -2.14. The van der Waals surface area contributed by atoms with Crippen molar-refractivity contribution in [3.63, 3.8) is 0 Å². The van der Waals surface area contributed by atoms with E-state index in [4.69, 9.17) is 4.74 Å². The third-order valence-corrected chi connectivity index (χ3v) is 1.90. The highest BCUT2D eigenvalue weighted by Gasteiger charge is 2.15. The number of esters is 1. The minimum Gasteiger partial charge on any atom is -0.462 e. The number of rotatable bonds is 5. The van der Waals surface area contributed by atoms with E-state index in [1.54, 1.807) is 0 Å². The SMILES string of the molecule is C[CH]C(C)OC(=O)C(C)CCC. The van der Waals surface area contributed by atoms with Gasteiger partial charge in [0, 0.05) is 0 Å². The average Bonchev–Trinajstić information content (AvgIpc) is 2.04. The molecular formula is C10H19O2. The predicted molar refractivity (Wildman–Crippen MR) is 49.6 cm³/mol. The van der Waals surface area contributed by atoms with Crippen molar-refractivity contribution in [1.82, 2.24) is 0 Å². The van der Waals surface area contributed by atoms with Crippen molar-refractivity contribution in [1.29, 1.82) is 0 Å². The van der Waals surface area contributed by atoms with Gasteiger partial charge in [-0.2, -0.15) is 0 Å². The van der Waals surface area contributed by atoms with E-state index in [9.17, 15) is 4.79 Å². The molecule has 0 spiro atoms. The van der Waals surface area contributed by atoms with E-state index >= 15 is 0 Å². The monoisotopic (exact) mass is 171 g/mol. The van der Waals surface area contributed by atoms with Crippen molar-refractivity contribution in [2.45, 2.75) is 46.6 Å². The zero-order valence-corrected chi connectivity index (χ0v) is 8.46. The van der Waals surface area contributed by atoms with Gasteiger partial charge in [0.05, 0.1) is 5.92 Å². The molecular weight excluding hydrogens is 152 g/mol. The molecule has 0 heterocycles. The Morgan fingerprint density at radius 1 is 1.50 bits per heavy atom. The second-order valence-electron chi connectivity index (χ2n) is 3.17. The van der Waals surface area contributed by atoms with E-state index < -0.39 is 0 Å². The summed E-state index contributed by atoms with van der Waals surface area (Å²) < 4.78 is 5.12. The third-order valence-electron chi connectivity index (χ3n) is 1.90. The van der Waals surface area contributed by atoms with Crippen LogP contribution in [0.4, 0.5) is 0 Å². The molecule has 0 saturated heterocycles. The van der Waals surface area contributed by atoms with Crippen LogP contribution in [-0.4, -0.2) is 12.1 Å². The van der Waals surface area contributed by atoms with Crippen LogP contribution in [0, 0.1) is 12.3 Å². The summed E-state index contributed by atoms with van der Waals surface area (Å²) >= 11 is 0. The van der Waals surface area contributed by atoms with Crippen LogP contribution in [0.25, 0.3) is 0 Å². The second-order valence-corrected chi connectivity index (χ2v) is 3.17. The van der Waals surface area contributed by atoms with Crippen LogP contribution in [0.5, 0.6) is 0 Å². The minimum absolute atomic E-state index is 0.0393. The van der Waals surface area contributed by atoms with Gasteiger partial charge in [0.2, 0.25) is 0 Å². The maximum Gasteiger partial charge on any atom is 0.308 e. The summed E-state index contributed by atoms with van der Waals surface area (Å²) in [7, 11) is 0. The highest BCUT2D eigenvalue weighted by Crippen LogP contribution is 2.09. The smallest absolute Gasteiger partial charge is 0.308 e. The fourth-order valence-electron chi connectivity index (χ4n) is 0.918. The van der Waals surface area contributed by atoms with Crippen LogP contribution in [0.3, 0.4) is 0 Å². The zero-order valence-electron chi connectivity index (χ0n) is 8.46. The molecule has 0 aliphatic rings. The standard InChI is InChI=1S/C10H19O2/c1-5-7-8(3)10(11)12-9(4)6-2/h6,8-9H,5,7H2,1-4H3. The highest BCUT2D eigenvalue weighted by molar-refractivity contribution is 5.72. The molecule has 0 N–H and O–H groups in total. The first-order chi connectivity index (χ1) is 5.61. The molecule has 1 radical (unpaired) electrons. The molecule has 0 rings (SSSR count). The van der Waals surface area contributed by atoms with E-state index in [0.29, 0.717) is 0 Å². The summed E-state index contributed by atoms with van der Waals surface area (Å²) in [5.74, 6) is -0.0418. The Morgan fingerprint density at radius 3 is 2.50 bits per heavy atom. The second kappa shape index (κ2) is 6.04. The quantitative estimate of drug-likeness (QED) is 0.594. The van der Waals surface area contributed by atoms with Crippen molar-refractivity contribution in [3.05, 3.63) is 6.42 Å². The first-order valence-corrected chi connectivity index (χ1v) is 4.61. The lowest BCUT2D eigenvalue weighted by atomic mass is 10.1. The largest absolute Gasteiger partial charge is 0.462 e. The van der Waals surface area contributed by atoms with Crippen molar-refractivity contribution in [2.75, 3.05) is 0 Å². The zero-order chi connectivity index (χ0) is 9.56. The Balaban J connectivity index is 3.70. The molecule has 0 bridgehead atoms. The summed E-state index contributed by atoms with van der Waals surface area (Å²) in [6.45, 7) is 7.74. The number of carbonyl (C=O) groups is 1. The van der Waals surface area contributed by atoms with Gasteiger partial charge in [-0.05, 0) is 19.8 Å². The fourth-order valence-corrected chi connectivity index (χ4v) is 0.918. The number of carbonyl (C=O) groups excluding carboxylic acids is 1. The Bertz CT molecular complexity index is 132. The first kappa shape index (κ1) is 11.5. The topological polar surface area (TPSA) is 26.3 Å². The van der Waals surface area contributed by atoms with Crippen molar-refractivity contribution in [2.24, 2.45) is 5.92 Å². The Labute approximate surface area is 75.3 Å². The van der Waals surface area contributed by atoms with Gasteiger partial charge in [-0.3, -0.25) is 4.79 Å². The van der Waals surface area contributed by atoms with Crippen LogP contribution >= 0.6 is 0 Å². The maximum absolute atomic E-state index is 11.3. The van der Waals surface area contributed by atoms with Crippen molar-refractivity contribution >= 4 is 5.97 Å². The summed E-state index contributed by atoms with van der Waals surface area (Å²) in [5.41, 5.74) is 0. The Morgan fingerprint density at radius 2 is 2.08 bits per heavy atom. The van der Waals surface area contributed by atoms with Gasteiger partial charge in [0.15, 0.2) is 0 Å². The molecule has 71 valence electrons. The van der Waals surface area contributed by atoms with E-state index in [2.05, 4.69) is 6.92 Å². The molecule has 0 aromatic carbocycles. The lowest BCUT2D eigenvalue weighted by Crippen LogP contribution is -2.20. The molecule has 0 aromatic rings. The normalized spacial score (nSPS) is 15.3. The maximum atomic E-state index is 11.3. The van der Waals surface area contributed by atoms with Crippen LogP contribution in [0.1, 0.15) is 40.5 Å². The van der Waals surface area contributed by atoms with Gasteiger partial charge in [-0.15, -0.1) is 0 Å². The van der Waals surface area contributed by atoms with Gasteiger partial charge in [-0.1, -0.05) is 27.2 Å². The van der Waals surface area contributed by atoms with Crippen LogP contribution in [-0.2, 0) is 9.53 Å². The molecule has 2 nitrogen and oxygen atoms in total. The number of hydrogen-bond acceptors (Lipinski definition) is 2. The number of hydrogen-bond donors (Lipinski definition) is 0. The third kappa shape index (κ3) is 4.37. The molecule has 0 fully saturated rings. The lowest BCUT2D eigenvalue weighted by molar-refractivity contribution is -0.151. The Hall–Kier alpha value is -0.530.